The lowest BCUT2D eigenvalue weighted by Crippen LogP contribution is -2.33. The zero-order valence-electron chi connectivity index (χ0n) is 16.4. The van der Waals surface area contributed by atoms with Gasteiger partial charge in [-0.3, -0.25) is 0 Å². The van der Waals surface area contributed by atoms with Gasteiger partial charge in [-0.1, -0.05) is 11.8 Å². The standard InChI is InChI=1S/C18H21IN6O3S2/c1-10(2)30(26,27)23-4-5-25-17-15(16(20)21-9-22-17)24-18(25)29-14-8-13-11(3-6-28-13)7-12(14)19/h7-10,23H,3-6H2,1-2H3,(H2,20,21,22). The van der Waals surface area contributed by atoms with Crippen molar-refractivity contribution in [3.63, 3.8) is 0 Å². The van der Waals surface area contributed by atoms with Gasteiger partial charge in [-0.25, -0.2) is 28.1 Å². The molecule has 0 bridgehead atoms. The first-order valence-electron chi connectivity index (χ1n) is 9.34. The molecule has 30 heavy (non-hydrogen) atoms. The smallest absolute Gasteiger partial charge is 0.213 e. The van der Waals surface area contributed by atoms with Crippen molar-refractivity contribution in [1.82, 2.24) is 24.2 Å². The molecule has 0 unspecified atom stereocenters. The molecule has 0 spiro atoms. The quantitative estimate of drug-likeness (QED) is 0.423. The van der Waals surface area contributed by atoms with E-state index in [0.29, 0.717) is 29.5 Å². The van der Waals surface area contributed by atoms with Crippen LogP contribution in [0.2, 0.25) is 0 Å². The molecule has 12 heteroatoms. The number of nitrogens with zero attached hydrogens (tertiary/aromatic N) is 4. The van der Waals surface area contributed by atoms with Gasteiger partial charge in [0.15, 0.2) is 22.1 Å². The lowest BCUT2D eigenvalue weighted by molar-refractivity contribution is 0.356. The molecule has 0 amide bonds. The van der Waals surface area contributed by atoms with Crippen molar-refractivity contribution in [3.05, 3.63) is 27.6 Å². The lowest BCUT2D eigenvalue weighted by Gasteiger charge is -2.12. The zero-order chi connectivity index (χ0) is 21.5. The fourth-order valence-electron chi connectivity index (χ4n) is 3.03. The molecule has 3 heterocycles. The van der Waals surface area contributed by atoms with Crippen molar-refractivity contribution in [2.75, 3.05) is 18.9 Å². The minimum Gasteiger partial charge on any atom is -0.493 e. The molecule has 3 aromatic rings. The van der Waals surface area contributed by atoms with Gasteiger partial charge in [-0.05, 0) is 54.1 Å². The number of halogens is 1. The zero-order valence-corrected chi connectivity index (χ0v) is 20.2. The first kappa shape index (κ1) is 21.6. The van der Waals surface area contributed by atoms with Gasteiger partial charge < -0.3 is 15.0 Å². The van der Waals surface area contributed by atoms with Crippen molar-refractivity contribution in [1.29, 1.82) is 0 Å². The topological polar surface area (TPSA) is 125 Å². The summed E-state index contributed by atoms with van der Waals surface area (Å²) in [5, 5.41) is 0.161. The maximum Gasteiger partial charge on any atom is 0.213 e. The van der Waals surface area contributed by atoms with Crippen molar-refractivity contribution in [3.8, 4) is 5.75 Å². The number of hydrogen-bond donors (Lipinski definition) is 2. The van der Waals surface area contributed by atoms with Crippen LogP contribution in [0.15, 0.2) is 28.5 Å². The summed E-state index contributed by atoms with van der Waals surface area (Å²) in [6.07, 6.45) is 2.30. The Labute approximate surface area is 192 Å². The molecule has 0 saturated carbocycles. The van der Waals surface area contributed by atoms with Crippen LogP contribution in [0.5, 0.6) is 5.75 Å². The van der Waals surface area contributed by atoms with Crippen molar-refractivity contribution in [2.24, 2.45) is 0 Å². The Bertz CT molecular complexity index is 1210. The highest BCUT2D eigenvalue weighted by atomic mass is 127. The third-order valence-corrected chi connectivity index (χ3v) is 8.89. The molecule has 1 aliphatic rings. The maximum absolute atomic E-state index is 12.1. The van der Waals surface area contributed by atoms with Gasteiger partial charge >= 0.3 is 0 Å². The molecule has 0 fully saturated rings. The number of aromatic nitrogens is 4. The molecule has 9 nitrogen and oxygen atoms in total. The van der Waals surface area contributed by atoms with Gasteiger partial charge in [-0.15, -0.1) is 0 Å². The number of fused-ring (bicyclic) bond motifs is 2. The average molecular weight is 560 g/mol. The van der Waals surface area contributed by atoms with Gasteiger partial charge in [-0.2, -0.15) is 0 Å². The summed E-state index contributed by atoms with van der Waals surface area (Å²) in [4.78, 5) is 14.0. The summed E-state index contributed by atoms with van der Waals surface area (Å²) < 4.78 is 35.5. The van der Waals surface area contributed by atoms with Crippen LogP contribution < -0.4 is 15.2 Å². The van der Waals surface area contributed by atoms with E-state index in [-0.39, 0.29) is 12.4 Å². The first-order chi connectivity index (χ1) is 14.3. The third-order valence-electron chi connectivity index (χ3n) is 4.73. The Morgan fingerprint density at radius 3 is 2.93 bits per heavy atom. The number of rotatable bonds is 7. The molecule has 1 aromatic carbocycles. The second kappa shape index (κ2) is 8.48. The Balaban J connectivity index is 1.67. The van der Waals surface area contributed by atoms with Crippen LogP contribution in [0.1, 0.15) is 19.4 Å². The van der Waals surface area contributed by atoms with E-state index in [2.05, 4.69) is 48.3 Å². The SMILES string of the molecule is CC(C)S(=O)(=O)NCCn1c(Sc2cc3c(cc2I)CCO3)nc2c(N)ncnc21. The van der Waals surface area contributed by atoms with E-state index in [1.807, 2.05) is 10.6 Å². The van der Waals surface area contributed by atoms with Crippen LogP contribution >= 0.6 is 34.4 Å². The molecule has 0 aliphatic carbocycles. The van der Waals surface area contributed by atoms with Crippen molar-refractivity contribution >= 4 is 61.4 Å². The van der Waals surface area contributed by atoms with E-state index in [1.165, 1.54) is 23.7 Å². The third kappa shape index (κ3) is 4.22. The highest BCUT2D eigenvalue weighted by molar-refractivity contribution is 14.1. The Morgan fingerprint density at radius 1 is 1.37 bits per heavy atom. The van der Waals surface area contributed by atoms with Gasteiger partial charge in [0.1, 0.15) is 12.1 Å². The normalized spacial score (nSPS) is 13.7. The number of sulfonamides is 1. The van der Waals surface area contributed by atoms with Gasteiger partial charge in [0.25, 0.3) is 0 Å². The van der Waals surface area contributed by atoms with Gasteiger partial charge in [0, 0.05) is 28.0 Å². The van der Waals surface area contributed by atoms with Crippen LogP contribution in [-0.4, -0.2) is 46.3 Å². The second-order valence-corrected chi connectivity index (χ2v) is 11.5. The molecule has 0 radical (unpaired) electrons. The Morgan fingerprint density at radius 2 is 2.17 bits per heavy atom. The molecular formula is C18H21IN6O3S2. The summed E-state index contributed by atoms with van der Waals surface area (Å²) in [7, 11) is -3.36. The second-order valence-electron chi connectivity index (χ2n) is 7.06. The summed E-state index contributed by atoms with van der Waals surface area (Å²) in [6.45, 7) is 4.55. The largest absolute Gasteiger partial charge is 0.493 e. The Kier molecular flexibility index (Phi) is 6.10. The monoisotopic (exact) mass is 560 g/mol. The molecule has 0 saturated heterocycles. The summed E-state index contributed by atoms with van der Waals surface area (Å²) in [5.41, 5.74) is 8.28. The summed E-state index contributed by atoms with van der Waals surface area (Å²) >= 11 is 3.78. The average Bonchev–Trinajstić information content (AvgIpc) is 3.27. The van der Waals surface area contributed by atoms with E-state index < -0.39 is 15.3 Å². The minimum absolute atomic E-state index is 0.216. The highest BCUT2D eigenvalue weighted by Crippen LogP contribution is 2.38. The van der Waals surface area contributed by atoms with Crippen molar-refractivity contribution in [2.45, 2.75) is 42.1 Å². The number of nitrogens with one attached hydrogen (secondary N) is 1. The van der Waals surface area contributed by atoms with E-state index in [9.17, 15) is 8.42 Å². The van der Waals surface area contributed by atoms with Crippen LogP contribution in [0, 0.1) is 3.57 Å². The van der Waals surface area contributed by atoms with E-state index >= 15 is 0 Å². The highest BCUT2D eigenvalue weighted by Gasteiger charge is 2.21. The Hall–Kier alpha value is -1.64. The number of benzene rings is 1. The number of nitrogens with two attached hydrogens (primary N) is 1. The van der Waals surface area contributed by atoms with Crippen LogP contribution in [-0.2, 0) is 23.0 Å². The van der Waals surface area contributed by atoms with Gasteiger partial charge in [0.05, 0.1) is 11.9 Å². The lowest BCUT2D eigenvalue weighted by atomic mass is 10.2. The molecule has 160 valence electrons. The first-order valence-corrected chi connectivity index (χ1v) is 12.8. The predicted octanol–water partition coefficient (Wildman–Crippen LogP) is 2.43. The fraction of sp³-hybridized carbons (Fsp3) is 0.389. The summed E-state index contributed by atoms with van der Waals surface area (Å²) in [5.74, 6) is 1.18. The number of anilines is 1. The maximum atomic E-state index is 12.1. The number of imidazole rings is 1. The fourth-order valence-corrected chi connectivity index (χ4v) is 5.55. The molecule has 1 aliphatic heterocycles. The van der Waals surface area contributed by atoms with E-state index in [4.69, 9.17) is 10.5 Å². The van der Waals surface area contributed by atoms with Crippen LogP contribution in [0.4, 0.5) is 5.82 Å². The molecular weight excluding hydrogens is 539 g/mol. The number of nitrogen functional groups attached to an aromatic ring is 1. The minimum atomic E-state index is -3.36. The predicted molar refractivity (Wildman–Crippen MR) is 124 cm³/mol. The van der Waals surface area contributed by atoms with E-state index in [1.54, 1.807) is 13.8 Å². The summed E-state index contributed by atoms with van der Waals surface area (Å²) in [6, 6.07) is 4.15. The van der Waals surface area contributed by atoms with Crippen LogP contribution in [0.25, 0.3) is 11.2 Å². The number of hydrogen-bond acceptors (Lipinski definition) is 8. The van der Waals surface area contributed by atoms with Gasteiger partial charge in [0.2, 0.25) is 10.0 Å². The van der Waals surface area contributed by atoms with Crippen molar-refractivity contribution < 1.29 is 13.2 Å². The number of ether oxygens (including phenoxy) is 1. The molecule has 3 N–H and O–H groups in total. The molecule has 0 atom stereocenters. The van der Waals surface area contributed by atoms with E-state index in [0.717, 1.165) is 20.6 Å². The molecule has 4 rings (SSSR count). The van der Waals surface area contributed by atoms with Crippen LogP contribution in [0.3, 0.4) is 0 Å². The molecule has 2 aromatic heterocycles.